The lowest BCUT2D eigenvalue weighted by molar-refractivity contribution is 0.101. The van der Waals surface area contributed by atoms with Gasteiger partial charge in [0.05, 0.1) is 23.4 Å². The number of benzene rings is 2. The predicted molar refractivity (Wildman–Crippen MR) is 129 cm³/mol. The Labute approximate surface area is 202 Å². The SMILES string of the molecule is COc1ccc(C(=O)Nc2nc(C)c(-c3csc(NC(=O)c4ccc5c(c4)OCO5)n3)s2)cc1. The Balaban J connectivity index is 1.27. The zero-order valence-electron chi connectivity index (χ0n) is 18.1. The number of ether oxygens (including phenoxy) is 3. The molecule has 172 valence electrons. The maximum absolute atomic E-state index is 12.6. The van der Waals surface area contributed by atoms with Gasteiger partial charge in [0.1, 0.15) is 5.75 Å². The molecule has 2 amide bonds. The number of hydrogen-bond acceptors (Lipinski definition) is 9. The number of nitrogens with zero attached hydrogens (tertiary/aromatic N) is 2. The van der Waals surface area contributed by atoms with Gasteiger partial charge >= 0.3 is 0 Å². The Morgan fingerprint density at radius 3 is 2.44 bits per heavy atom. The lowest BCUT2D eigenvalue weighted by Gasteiger charge is -2.03. The second-order valence-electron chi connectivity index (χ2n) is 7.18. The summed E-state index contributed by atoms with van der Waals surface area (Å²) in [6.45, 7) is 1.99. The van der Waals surface area contributed by atoms with Crippen molar-refractivity contribution >= 4 is 44.8 Å². The van der Waals surface area contributed by atoms with Crippen molar-refractivity contribution in [3.05, 3.63) is 64.7 Å². The number of fused-ring (bicyclic) bond motifs is 1. The molecule has 0 fully saturated rings. The van der Waals surface area contributed by atoms with E-state index in [0.29, 0.717) is 44.3 Å². The normalized spacial score (nSPS) is 11.8. The third-order valence-electron chi connectivity index (χ3n) is 4.96. The molecule has 2 aromatic carbocycles. The molecule has 2 aromatic heterocycles. The minimum atomic E-state index is -0.298. The number of anilines is 2. The van der Waals surface area contributed by atoms with Crippen molar-refractivity contribution in [2.24, 2.45) is 0 Å². The molecule has 0 bridgehead atoms. The number of aryl methyl sites for hydroxylation is 1. The highest BCUT2D eigenvalue weighted by Gasteiger charge is 2.19. The molecule has 1 aliphatic rings. The van der Waals surface area contributed by atoms with Gasteiger partial charge in [0, 0.05) is 16.5 Å². The molecule has 0 unspecified atom stereocenters. The minimum Gasteiger partial charge on any atom is -0.497 e. The average Bonchev–Trinajstić information content (AvgIpc) is 3.58. The van der Waals surface area contributed by atoms with Crippen molar-refractivity contribution in [3.63, 3.8) is 0 Å². The summed E-state index contributed by atoms with van der Waals surface area (Å²) in [7, 11) is 1.57. The van der Waals surface area contributed by atoms with E-state index >= 15 is 0 Å². The van der Waals surface area contributed by atoms with Gasteiger partial charge in [-0.25, -0.2) is 9.97 Å². The molecule has 0 aliphatic carbocycles. The number of carbonyl (C=O) groups excluding carboxylic acids is 2. The van der Waals surface area contributed by atoms with Gasteiger partial charge in [-0.3, -0.25) is 20.2 Å². The van der Waals surface area contributed by atoms with Crippen molar-refractivity contribution in [1.82, 2.24) is 9.97 Å². The molecule has 11 heteroatoms. The Morgan fingerprint density at radius 1 is 0.941 bits per heavy atom. The molecular formula is C23H18N4O5S2. The quantitative estimate of drug-likeness (QED) is 0.395. The van der Waals surface area contributed by atoms with Gasteiger partial charge < -0.3 is 14.2 Å². The molecule has 1 aliphatic heterocycles. The van der Waals surface area contributed by atoms with E-state index in [1.165, 1.54) is 22.7 Å². The Hall–Kier alpha value is -3.96. The van der Waals surface area contributed by atoms with Crippen molar-refractivity contribution < 1.29 is 23.8 Å². The van der Waals surface area contributed by atoms with Crippen LogP contribution in [0.2, 0.25) is 0 Å². The molecule has 0 saturated carbocycles. The topological polar surface area (TPSA) is 112 Å². The number of hydrogen-bond donors (Lipinski definition) is 2. The van der Waals surface area contributed by atoms with Crippen LogP contribution < -0.4 is 24.8 Å². The van der Waals surface area contributed by atoms with Gasteiger partial charge in [0.25, 0.3) is 11.8 Å². The van der Waals surface area contributed by atoms with Crippen LogP contribution in [-0.2, 0) is 0 Å². The van der Waals surface area contributed by atoms with Crippen LogP contribution in [0.1, 0.15) is 26.4 Å². The third-order valence-corrected chi connectivity index (χ3v) is 6.81. The molecule has 0 radical (unpaired) electrons. The van der Waals surface area contributed by atoms with Crippen LogP contribution >= 0.6 is 22.7 Å². The largest absolute Gasteiger partial charge is 0.497 e. The van der Waals surface area contributed by atoms with Gasteiger partial charge in [-0.1, -0.05) is 11.3 Å². The lowest BCUT2D eigenvalue weighted by Crippen LogP contribution is -2.11. The smallest absolute Gasteiger partial charge is 0.257 e. The molecule has 0 spiro atoms. The van der Waals surface area contributed by atoms with Crippen LogP contribution in [0.15, 0.2) is 47.8 Å². The van der Waals surface area contributed by atoms with Crippen LogP contribution in [0.4, 0.5) is 10.3 Å². The standard InChI is InChI=1S/C23H18N4O5S2/c1-12-19(34-23(24-12)27-20(28)13-3-6-15(30-2)7-4-13)16-10-33-22(25-16)26-21(29)14-5-8-17-18(9-14)32-11-31-17/h3-10H,11H2,1-2H3,(H,24,27,28)(H,25,26,29). The van der Waals surface area contributed by atoms with E-state index in [4.69, 9.17) is 14.2 Å². The van der Waals surface area contributed by atoms with Crippen molar-refractivity contribution in [2.45, 2.75) is 6.92 Å². The summed E-state index contributed by atoms with van der Waals surface area (Å²) in [6, 6.07) is 11.8. The third kappa shape index (κ3) is 4.43. The summed E-state index contributed by atoms with van der Waals surface area (Å²) in [4.78, 5) is 34.9. The molecule has 0 saturated heterocycles. The fraction of sp³-hybridized carbons (Fsp3) is 0.130. The highest BCUT2D eigenvalue weighted by Crippen LogP contribution is 2.35. The monoisotopic (exact) mass is 494 g/mol. The van der Waals surface area contributed by atoms with Crippen molar-refractivity contribution in [3.8, 4) is 27.8 Å². The summed E-state index contributed by atoms with van der Waals surface area (Å²) in [5.41, 5.74) is 2.34. The molecule has 3 heterocycles. The van der Waals surface area contributed by atoms with Crippen LogP contribution in [-0.4, -0.2) is 35.7 Å². The predicted octanol–water partition coefficient (Wildman–Crippen LogP) is 4.82. The number of amides is 2. The molecular weight excluding hydrogens is 476 g/mol. The molecule has 0 atom stereocenters. The fourth-order valence-corrected chi connectivity index (χ4v) is 4.93. The van der Waals surface area contributed by atoms with E-state index in [0.717, 1.165) is 10.6 Å². The first kappa shape index (κ1) is 21.9. The number of rotatable bonds is 6. The summed E-state index contributed by atoms with van der Waals surface area (Å²) >= 11 is 2.62. The van der Waals surface area contributed by atoms with E-state index in [1.54, 1.807) is 49.6 Å². The van der Waals surface area contributed by atoms with Crippen LogP contribution in [0.3, 0.4) is 0 Å². The van der Waals surface area contributed by atoms with Gasteiger partial charge in [-0.05, 0) is 49.4 Å². The highest BCUT2D eigenvalue weighted by atomic mass is 32.1. The summed E-state index contributed by atoms with van der Waals surface area (Å²) in [5, 5.41) is 8.38. The first-order valence-electron chi connectivity index (χ1n) is 10.1. The van der Waals surface area contributed by atoms with Crippen LogP contribution in [0.5, 0.6) is 17.2 Å². The van der Waals surface area contributed by atoms with E-state index in [-0.39, 0.29) is 18.6 Å². The molecule has 9 nitrogen and oxygen atoms in total. The second-order valence-corrected chi connectivity index (χ2v) is 9.03. The number of nitrogens with one attached hydrogen (secondary N) is 2. The van der Waals surface area contributed by atoms with E-state index in [2.05, 4.69) is 20.6 Å². The molecule has 5 rings (SSSR count). The molecule has 34 heavy (non-hydrogen) atoms. The Morgan fingerprint density at radius 2 is 1.65 bits per heavy atom. The fourth-order valence-electron chi connectivity index (χ4n) is 3.24. The van der Waals surface area contributed by atoms with E-state index < -0.39 is 0 Å². The van der Waals surface area contributed by atoms with Crippen LogP contribution in [0, 0.1) is 6.92 Å². The number of carbonyl (C=O) groups is 2. The lowest BCUT2D eigenvalue weighted by atomic mass is 10.2. The minimum absolute atomic E-state index is 0.146. The second kappa shape index (κ2) is 9.12. The van der Waals surface area contributed by atoms with Crippen LogP contribution in [0.25, 0.3) is 10.6 Å². The number of aromatic nitrogens is 2. The number of thiazole rings is 2. The molecule has 4 aromatic rings. The first-order valence-corrected chi connectivity index (χ1v) is 11.8. The van der Waals surface area contributed by atoms with Crippen molar-refractivity contribution in [2.75, 3.05) is 24.5 Å². The zero-order chi connectivity index (χ0) is 23.7. The number of methoxy groups -OCH3 is 1. The van der Waals surface area contributed by atoms with E-state index in [1.807, 2.05) is 12.3 Å². The average molecular weight is 495 g/mol. The zero-order valence-corrected chi connectivity index (χ0v) is 19.7. The molecule has 2 N–H and O–H groups in total. The highest BCUT2D eigenvalue weighted by molar-refractivity contribution is 7.20. The van der Waals surface area contributed by atoms with Gasteiger partial charge in [0.2, 0.25) is 6.79 Å². The maximum atomic E-state index is 12.6. The van der Waals surface area contributed by atoms with Crippen molar-refractivity contribution in [1.29, 1.82) is 0 Å². The summed E-state index contributed by atoms with van der Waals surface area (Å²) < 4.78 is 15.7. The van der Waals surface area contributed by atoms with Gasteiger partial charge in [-0.2, -0.15) is 0 Å². The van der Waals surface area contributed by atoms with Gasteiger partial charge in [-0.15, -0.1) is 11.3 Å². The Bertz CT molecular complexity index is 1380. The Kier molecular flexibility index (Phi) is 5.86. The summed E-state index contributed by atoms with van der Waals surface area (Å²) in [6.07, 6.45) is 0. The van der Waals surface area contributed by atoms with E-state index in [9.17, 15) is 9.59 Å². The summed E-state index contributed by atoms with van der Waals surface area (Å²) in [5.74, 6) is 1.26. The maximum Gasteiger partial charge on any atom is 0.257 e. The first-order chi connectivity index (χ1) is 16.5. The van der Waals surface area contributed by atoms with Gasteiger partial charge in [0.15, 0.2) is 21.8 Å².